The van der Waals surface area contributed by atoms with E-state index in [4.69, 9.17) is 13.8 Å². The van der Waals surface area contributed by atoms with E-state index in [1.807, 2.05) is 0 Å². The normalized spacial score (nSPS) is 10.6. The Morgan fingerprint density at radius 2 is 0.962 bits per heavy atom. The number of hydrogen-bond donors (Lipinski definition) is 2. The van der Waals surface area contributed by atoms with Crippen molar-refractivity contribution in [2.24, 2.45) is 0 Å². The van der Waals surface area contributed by atoms with Crippen LogP contribution in [0.1, 0.15) is 67.2 Å². The van der Waals surface area contributed by atoms with E-state index in [1.54, 1.807) is 27.7 Å². The quantitative estimate of drug-likeness (QED) is 0.239. The van der Waals surface area contributed by atoms with Crippen molar-refractivity contribution in [1.82, 2.24) is 0 Å². The monoisotopic (exact) mass is 412 g/mol. The molecule has 9 nitrogen and oxygen atoms in total. The van der Waals surface area contributed by atoms with E-state index in [-0.39, 0.29) is 48.8 Å². The Balaban J connectivity index is -0.000000371. The van der Waals surface area contributed by atoms with Crippen LogP contribution >= 0.6 is 0 Å². The van der Waals surface area contributed by atoms with Crippen LogP contribution in [0.15, 0.2) is 0 Å². The molecule has 0 spiro atoms. The number of carbonyl (C=O) groups is 4. The van der Waals surface area contributed by atoms with Gasteiger partial charge in [0.1, 0.15) is 34.3 Å². The fourth-order valence-corrected chi connectivity index (χ4v) is 1.69. The summed E-state index contributed by atoms with van der Waals surface area (Å²) in [5, 5.41) is 16.7. The van der Waals surface area contributed by atoms with Gasteiger partial charge in [-0.2, -0.15) is 0 Å². The van der Waals surface area contributed by atoms with Crippen LogP contribution in [0.25, 0.3) is 0 Å². The molecule has 0 radical (unpaired) electrons. The minimum atomic E-state index is -0.896. The van der Waals surface area contributed by atoms with Crippen molar-refractivity contribution < 1.29 is 63.2 Å². The summed E-state index contributed by atoms with van der Waals surface area (Å²) >= 11 is 0.750. The summed E-state index contributed by atoms with van der Waals surface area (Å²) in [6.07, 6.45) is -0.0915. The molecule has 26 heavy (non-hydrogen) atoms. The maximum absolute atomic E-state index is 11.0. The van der Waals surface area contributed by atoms with Gasteiger partial charge in [-0.1, -0.05) is 0 Å². The third-order valence-electron chi connectivity index (χ3n) is 2.63. The molecule has 0 fully saturated rings. The molecule has 0 atom stereocenters. The SMILES string of the molecule is CC(=O)CC(=O)CC(C)(C)OO.CC(=O)CC(=O)CC(C)(C)OO.[O]=[Ti]. The Kier molecular flexibility index (Phi) is 17.3. The Morgan fingerprint density at radius 1 is 0.731 bits per heavy atom. The topological polar surface area (TPSA) is 144 Å². The van der Waals surface area contributed by atoms with Crippen molar-refractivity contribution in [3.05, 3.63) is 0 Å². The minimum absolute atomic E-state index is 0.0447. The van der Waals surface area contributed by atoms with Crippen LogP contribution in [-0.2, 0) is 52.7 Å². The van der Waals surface area contributed by atoms with Gasteiger partial charge >= 0.3 is 23.7 Å². The first kappa shape index (κ1) is 29.8. The molecule has 0 bridgehead atoms. The van der Waals surface area contributed by atoms with Crippen LogP contribution in [0.5, 0.6) is 0 Å². The predicted molar refractivity (Wildman–Crippen MR) is 86.1 cm³/mol. The molecule has 0 heterocycles. The number of carbonyl (C=O) groups excluding carboxylic acids is 4. The summed E-state index contributed by atoms with van der Waals surface area (Å²) in [7, 11) is 0. The molecule has 0 saturated carbocycles. The van der Waals surface area contributed by atoms with Gasteiger partial charge in [0, 0.05) is 12.8 Å². The number of hydrogen-bond acceptors (Lipinski definition) is 9. The predicted octanol–water partition coefficient (Wildman–Crippen LogP) is 2.26. The van der Waals surface area contributed by atoms with E-state index < -0.39 is 11.2 Å². The molecular formula is C16H28O9Ti. The van der Waals surface area contributed by atoms with Gasteiger partial charge in [-0.3, -0.25) is 29.7 Å². The van der Waals surface area contributed by atoms with E-state index in [0.29, 0.717) is 0 Å². The third kappa shape index (κ3) is 21.1. The molecule has 0 aliphatic heterocycles. The number of Topliss-reactive ketones (excluding diaryl/α,β-unsaturated/α-hetero) is 4. The Bertz CT molecular complexity index is 430. The van der Waals surface area contributed by atoms with E-state index in [0.717, 1.165) is 20.4 Å². The van der Waals surface area contributed by atoms with E-state index in [2.05, 4.69) is 9.78 Å². The summed E-state index contributed by atoms with van der Waals surface area (Å²) in [4.78, 5) is 51.2. The molecule has 0 aromatic rings. The van der Waals surface area contributed by atoms with Gasteiger partial charge in [0.25, 0.3) is 0 Å². The van der Waals surface area contributed by atoms with Crippen molar-refractivity contribution in [2.45, 2.75) is 78.4 Å². The van der Waals surface area contributed by atoms with Crippen molar-refractivity contribution in [3.63, 3.8) is 0 Å². The van der Waals surface area contributed by atoms with Gasteiger partial charge in [0.15, 0.2) is 0 Å². The van der Waals surface area contributed by atoms with Crippen LogP contribution in [0.4, 0.5) is 0 Å². The zero-order chi connectivity index (χ0) is 21.6. The van der Waals surface area contributed by atoms with Gasteiger partial charge in [0.2, 0.25) is 0 Å². The summed E-state index contributed by atoms with van der Waals surface area (Å²) in [5.74, 6) is -0.787. The second-order valence-electron chi connectivity index (χ2n) is 6.89. The molecule has 0 amide bonds. The first-order valence-corrected chi connectivity index (χ1v) is 8.26. The van der Waals surface area contributed by atoms with Gasteiger partial charge in [0.05, 0.1) is 12.8 Å². The summed E-state index contributed by atoms with van der Waals surface area (Å²) in [6.45, 7) is 9.00. The van der Waals surface area contributed by atoms with Crippen molar-refractivity contribution in [1.29, 1.82) is 0 Å². The van der Waals surface area contributed by atoms with Crippen molar-refractivity contribution >= 4 is 23.1 Å². The van der Waals surface area contributed by atoms with E-state index in [1.165, 1.54) is 13.8 Å². The third-order valence-corrected chi connectivity index (χ3v) is 2.63. The van der Waals surface area contributed by atoms with E-state index >= 15 is 0 Å². The molecule has 0 aliphatic rings. The average Bonchev–Trinajstić information content (AvgIpc) is 2.47. The second-order valence-corrected chi connectivity index (χ2v) is 6.89. The Hall–Kier alpha value is -0.966. The fourth-order valence-electron chi connectivity index (χ4n) is 1.69. The van der Waals surface area contributed by atoms with Crippen LogP contribution in [0.2, 0.25) is 0 Å². The Labute approximate surface area is 165 Å². The molecule has 10 heteroatoms. The second kappa shape index (κ2) is 15.1. The summed E-state index contributed by atoms with van der Waals surface area (Å²) in [6, 6.07) is 0. The maximum atomic E-state index is 11.0. The van der Waals surface area contributed by atoms with Crippen LogP contribution in [-0.4, -0.2) is 44.8 Å². The summed E-state index contributed by atoms with van der Waals surface area (Å²) in [5.41, 5.74) is -1.79. The van der Waals surface area contributed by atoms with Crippen LogP contribution in [0.3, 0.4) is 0 Å². The van der Waals surface area contributed by atoms with Gasteiger partial charge < -0.3 is 0 Å². The molecule has 150 valence electrons. The molecule has 2 N–H and O–H groups in total. The zero-order valence-corrected chi connectivity index (χ0v) is 17.6. The number of ketones is 4. The number of rotatable bonds is 10. The van der Waals surface area contributed by atoms with E-state index in [9.17, 15) is 19.2 Å². The first-order valence-electron chi connectivity index (χ1n) is 7.62. The molecule has 0 aliphatic carbocycles. The van der Waals surface area contributed by atoms with Crippen LogP contribution < -0.4 is 0 Å². The van der Waals surface area contributed by atoms with Crippen LogP contribution in [0, 0.1) is 0 Å². The molecule has 0 saturated heterocycles. The molecular weight excluding hydrogens is 384 g/mol. The fraction of sp³-hybridized carbons (Fsp3) is 0.750. The molecule has 0 aromatic heterocycles. The summed E-state index contributed by atoms with van der Waals surface area (Å²) < 4.78 is 8.25. The Morgan fingerprint density at radius 3 is 1.12 bits per heavy atom. The van der Waals surface area contributed by atoms with Crippen molar-refractivity contribution in [3.8, 4) is 0 Å². The average molecular weight is 412 g/mol. The molecule has 0 aromatic carbocycles. The van der Waals surface area contributed by atoms with Gasteiger partial charge in [-0.25, -0.2) is 9.78 Å². The molecule has 0 rings (SSSR count). The first-order chi connectivity index (χ1) is 11.7. The van der Waals surface area contributed by atoms with Gasteiger partial charge in [-0.05, 0) is 41.5 Å². The van der Waals surface area contributed by atoms with Crippen molar-refractivity contribution in [2.75, 3.05) is 0 Å². The van der Waals surface area contributed by atoms with Gasteiger partial charge in [-0.15, -0.1) is 0 Å². The molecule has 0 unspecified atom stereocenters. The standard InChI is InChI=1S/2C8H14O4.O.Ti/c2*1-6(9)4-7(10)5-8(2,3)12-11;;/h2*11H,4-5H2,1-3H3;;. The zero-order valence-electron chi connectivity index (χ0n) is 16.1.